The van der Waals surface area contributed by atoms with Crippen LogP contribution in [0.4, 0.5) is 0 Å². The molecule has 0 aliphatic rings. The summed E-state index contributed by atoms with van der Waals surface area (Å²) in [6.07, 6.45) is 0. The summed E-state index contributed by atoms with van der Waals surface area (Å²) in [6, 6.07) is 5.54. The Morgan fingerprint density at radius 3 is 2.73 bits per heavy atom. The van der Waals surface area contributed by atoms with Gasteiger partial charge in [-0.1, -0.05) is 12.1 Å². The zero-order valence-electron chi connectivity index (χ0n) is 8.96. The van der Waals surface area contributed by atoms with Crippen LogP contribution in [0, 0.1) is 13.8 Å². The van der Waals surface area contributed by atoms with Crippen LogP contribution < -0.4 is 11.4 Å². The lowest BCUT2D eigenvalue weighted by Crippen LogP contribution is -2.47. The van der Waals surface area contributed by atoms with Crippen LogP contribution in [0.3, 0.4) is 0 Å². The SMILES string of the molecule is Cc1ccc2c(C[NH3+])cc(=O)oc2c1C. The van der Waals surface area contributed by atoms with Crippen LogP contribution in [0.2, 0.25) is 0 Å². The molecule has 0 radical (unpaired) electrons. The Morgan fingerprint density at radius 1 is 1.33 bits per heavy atom. The Kier molecular flexibility index (Phi) is 2.32. The first-order valence-electron chi connectivity index (χ1n) is 4.95. The Bertz CT molecular complexity index is 570. The summed E-state index contributed by atoms with van der Waals surface area (Å²) in [4.78, 5) is 11.3. The Labute approximate surface area is 87.5 Å². The van der Waals surface area contributed by atoms with E-state index in [1.165, 1.54) is 6.07 Å². The molecule has 0 spiro atoms. The van der Waals surface area contributed by atoms with Crippen molar-refractivity contribution in [2.45, 2.75) is 20.4 Å². The van der Waals surface area contributed by atoms with Crippen molar-refractivity contribution in [1.82, 2.24) is 0 Å². The minimum atomic E-state index is -0.296. The second-order valence-electron chi connectivity index (χ2n) is 3.72. The van der Waals surface area contributed by atoms with Gasteiger partial charge in [0.25, 0.3) is 0 Å². The molecule has 3 N–H and O–H groups in total. The summed E-state index contributed by atoms with van der Waals surface area (Å²) < 4.78 is 5.23. The highest BCUT2D eigenvalue weighted by atomic mass is 16.4. The summed E-state index contributed by atoms with van der Waals surface area (Å²) in [5.41, 5.74) is 7.33. The number of rotatable bonds is 1. The standard InChI is InChI=1S/C12H13NO2/c1-7-3-4-10-9(6-13)5-11(14)15-12(10)8(7)2/h3-5H,6,13H2,1-2H3/p+1. The first-order chi connectivity index (χ1) is 7.13. The molecule has 0 atom stereocenters. The smallest absolute Gasteiger partial charge is 0.336 e. The molecule has 2 aromatic rings. The largest absolute Gasteiger partial charge is 0.422 e. The van der Waals surface area contributed by atoms with Gasteiger partial charge in [0.1, 0.15) is 12.1 Å². The maximum Gasteiger partial charge on any atom is 0.336 e. The first kappa shape index (κ1) is 9.93. The number of hydrogen-bond donors (Lipinski definition) is 1. The molecule has 0 bridgehead atoms. The molecule has 3 nitrogen and oxygen atoms in total. The zero-order valence-corrected chi connectivity index (χ0v) is 8.96. The van der Waals surface area contributed by atoms with Gasteiger partial charge in [0.15, 0.2) is 0 Å². The van der Waals surface area contributed by atoms with Gasteiger partial charge in [-0.15, -0.1) is 0 Å². The fourth-order valence-electron chi connectivity index (χ4n) is 1.73. The molecule has 0 amide bonds. The molecular formula is C12H14NO2+. The van der Waals surface area contributed by atoms with Crippen molar-refractivity contribution < 1.29 is 10.2 Å². The molecule has 1 heterocycles. The molecule has 0 aliphatic carbocycles. The maximum absolute atomic E-state index is 11.3. The topological polar surface area (TPSA) is 57.9 Å². The Hall–Kier alpha value is -1.61. The summed E-state index contributed by atoms with van der Waals surface area (Å²) in [5.74, 6) is 0. The van der Waals surface area contributed by atoms with E-state index < -0.39 is 0 Å². The molecule has 3 heteroatoms. The van der Waals surface area contributed by atoms with Gasteiger partial charge in [0.05, 0.1) is 0 Å². The molecule has 1 aromatic carbocycles. The van der Waals surface area contributed by atoms with E-state index in [-0.39, 0.29) is 5.63 Å². The monoisotopic (exact) mass is 204 g/mol. The quantitative estimate of drug-likeness (QED) is 0.708. The molecule has 1 aromatic heterocycles. The van der Waals surface area contributed by atoms with Crippen LogP contribution in [0.1, 0.15) is 16.7 Å². The third-order valence-electron chi connectivity index (χ3n) is 2.79. The predicted octanol–water partition coefficient (Wildman–Crippen LogP) is 1.15. The van der Waals surface area contributed by atoms with Crippen LogP contribution in [-0.2, 0) is 6.54 Å². The highest BCUT2D eigenvalue weighted by Crippen LogP contribution is 2.22. The number of aryl methyl sites for hydroxylation is 2. The number of benzene rings is 1. The van der Waals surface area contributed by atoms with E-state index in [1.54, 1.807) is 0 Å². The lowest BCUT2D eigenvalue weighted by atomic mass is 10.0. The van der Waals surface area contributed by atoms with Crippen molar-refractivity contribution in [3.05, 3.63) is 45.3 Å². The lowest BCUT2D eigenvalue weighted by Gasteiger charge is -2.06. The van der Waals surface area contributed by atoms with Crippen molar-refractivity contribution in [3.8, 4) is 0 Å². The van der Waals surface area contributed by atoms with E-state index >= 15 is 0 Å². The molecular weight excluding hydrogens is 190 g/mol. The summed E-state index contributed by atoms with van der Waals surface area (Å²) in [7, 11) is 0. The lowest BCUT2D eigenvalue weighted by molar-refractivity contribution is -0.386. The minimum absolute atomic E-state index is 0.296. The van der Waals surface area contributed by atoms with E-state index in [1.807, 2.05) is 26.0 Å². The molecule has 0 aliphatic heterocycles. The van der Waals surface area contributed by atoms with Crippen molar-refractivity contribution in [2.75, 3.05) is 0 Å². The molecule has 0 saturated carbocycles. The van der Waals surface area contributed by atoms with E-state index in [9.17, 15) is 4.79 Å². The van der Waals surface area contributed by atoms with Gasteiger partial charge < -0.3 is 10.2 Å². The molecule has 2 rings (SSSR count). The van der Waals surface area contributed by atoms with E-state index in [4.69, 9.17) is 4.42 Å². The minimum Gasteiger partial charge on any atom is -0.422 e. The van der Waals surface area contributed by atoms with Gasteiger partial charge in [-0.05, 0) is 25.0 Å². The third-order valence-corrected chi connectivity index (χ3v) is 2.79. The summed E-state index contributed by atoms with van der Waals surface area (Å²) in [6.45, 7) is 4.57. The van der Waals surface area contributed by atoms with E-state index in [2.05, 4.69) is 5.73 Å². The van der Waals surface area contributed by atoms with Crippen LogP contribution in [0.15, 0.2) is 27.4 Å². The maximum atomic E-state index is 11.3. The Balaban J connectivity index is 2.96. The van der Waals surface area contributed by atoms with Gasteiger partial charge >= 0.3 is 5.63 Å². The number of quaternary nitrogens is 1. The van der Waals surface area contributed by atoms with Crippen molar-refractivity contribution in [2.24, 2.45) is 0 Å². The average Bonchev–Trinajstić information content (AvgIpc) is 2.23. The Morgan fingerprint density at radius 2 is 2.07 bits per heavy atom. The van der Waals surface area contributed by atoms with Crippen molar-refractivity contribution in [1.29, 1.82) is 0 Å². The van der Waals surface area contributed by atoms with E-state index in [0.717, 1.165) is 22.1 Å². The predicted molar refractivity (Wildman–Crippen MR) is 58.6 cm³/mol. The number of hydrogen-bond acceptors (Lipinski definition) is 2. The average molecular weight is 204 g/mol. The zero-order chi connectivity index (χ0) is 11.0. The fourth-order valence-corrected chi connectivity index (χ4v) is 1.73. The van der Waals surface area contributed by atoms with Crippen LogP contribution in [-0.4, -0.2) is 0 Å². The van der Waals surface area contributed by atoms with E-state index in [0.29, 0.717) is 12.1 Å². The van der Waals surface area contributed by atoms with Gasteiger partial charge in [-0.3, -0.25) is 0 Å². The van der Waals surface area contributed by atoms with Crippen LogP contribution in [0.25, 0.3) is 11.0 Å². The van der Waals surface area contributed by atoms with Crippen LogP contribution >= 0.6 is 0 Å². The summed E-state index contributed by atoms with van der Waals surface area (Å²) in [5, 5.41) is 0.993. The number of fused-ring (bicyclic) bond motifs is 1. The molecule has 0 unspecified atom stereocenters. The van der Waals surface area contributed by atoms with Crippen molar-refractivity contribution >= 4 is 11.0 Å². The molecule has 78 valence electrons. The normalized spacial score (nSPS) is 10.9. The van der Waals surface area contributed by atoms with Gasteiger partial charge in [0, 0.05) is 17.0 Å². The highest BCUT2D eigenvalue weighted by molar-refractivity contribution is 5.83. The van der Waals surface area contributed by atoms with Crippen LogP contribution in [0.5, 0.6) is 0 Å². The van der Waals surface area contributed by atoms with Gasteiger partial charge in [0.2, 0.25) is 0 Å². The molecule has 0 fully saturated rings. The second kappa shape index (κ2) is 3.51. The molecule has 15 heavy (non-hydrogen) atoms. The highest BCUT2D eigenvalue weighted by Gasteiger charge is 2.08. The fraction of sp³-hybridized carbons (Fsp3) is 0.250. The second-order valence-corrected chi connectivity index (χ2v) is 3.72. The van der Waals surface area contributed by atoms with Gasteiger partial charge in [-0.2, -0.15) is 0 Å². The van der Waals surface area contributed by atoms with Gasteiger partial charge in [-0.25, -0.2) is 4.79 Å². The molecule has 0 saturated heterocycles. The third kappa shape index (κ3) is 1.55. The summed E-state index contributed by atoms with van der Waals surface area (Å²) >= 11 is 0. The first-order valence-corrected chi connectivity index (χ1v) is 4.95. The van der Waals surface area contributed by atoms with Crippen molar-refractivity contribution in [3.63, 3.8) is 0 Å².